The smallest absolute Gasteiger partial charge is 0.433 e. The lowest BCUT2D eigenvalue weighted by Crippen LogP contribution is -2.17. The lowest BCUT2D eigenvalue weighted by molar-refractivity contribution is -0.140. The minimum absolute atomic E-state index is 0.00260. The molecule has 0 aliphatic rings. The fraction of sp³-hybridized carbons (Fsp3) is 0.278. The van der Waals surface area contributed by atoms with E-state index in [9.17, 15) is 18.0 Å². The Balaban J connectivity index is 2.23. The van der Waals surface area contributed by atoms with E-state index in [1.165, 1.54) is 19.2 Å². The molecule has 3 rings (SSSR count). The van der Waals surface area contributed by atoms with Crippen molar-refractivity contribution in [3.05, 3.63) is 41.4 Å². The molecular weight excluding hydrogens is 377 g/mol. The molecule has 0 bridgehead atoms. The maximum Gasteiger partial charge on any atom is 0.433 e. The van der Waals surface area contributed by atoms with Gasteiger partial charge in [0.1, 0.15) is 17.0 Å². The van der Waals surface area contributed by atoms with Gasteiger partial charge in [-0.05, 0) is 38.4 Å². The lowest BCUT2D eigenvalue weighted by atomic mass is 10.1. The number of aromatic nitrogens is 2. The number of ether oxygens (including phenoxy) is 1. The second-order valence-electron chi connectivity index (χ2n) is 6.30. The molecule has 0 aliphatic heterocycles. The summed E-state index contributed by atoms with van der Waals surface area (Å²) in [6, 6.07) is 5.17. The van der Waals surface area contributed by atoms with E-state index in [1.807, 2.05) is 0 Å². The molecule has 10 heteroatoms. The van der Waals surface area contributed by atoms with Gasteiger partial charge in [0.25, 0.3) is 5.91 Å². The van der Waals surface area contributed by atoms with Crippen molar-refractivity contribution in [2.75, 3.05) is 21.2 Å². The molecule has 0 aliphatic carbocycles. The van der Waals surface area contributed by atoms with Gasteiger partial charge in [0.05, 0.1) is 13.7 Å². The fourth-order valence-electron chi connectivity index (χ4n) is 2.75. The Labute approximate surface area is 157 Å². The van der Waals surface area contributed by atoms with Crippen molar-refractivity contribution in [1.29, 1.82) is 0 Å². The van der Waals surface area contributed by atoms with Crippen LogP contribution in [0.3, 0.4) is 0 Å². The largest absolute Gasteiger partial charge is 0.494 e. The van der Waals surface area contributed by atoms with Gasteiger partial charge >= 0.3 is 6.18 Å². The van der Waals surface area contributed by atoms with E-state index in [0.717, 1.165) is 6.07 Å². The predicted octanol–water partition coefficient (Wildman–Crippen LogP) is 3.08. The van der Waals surface area contributed by atoms with Crippen LogP contribution in [0.5, 0.6) is 5.75 Å². The molecule has 28 heavy (non-hydrogen) atoms. The number of hydrogen-bond donors (Lipinski definition) is 1. The number of carbonyl (C=O) groups excluding carboxylic acids is 1. The van der Waals surface area contributed by atoms with Crippen molar-refractivity contribution in [3.8, 4) is 17.2 Å². The van der Waals surface area contributed by atoms with Crippen LogP contribution < -0.4 is 10.5 Å². The van der Waals surface area contributed by atoms with Gasteiger partial charge in [0.2, 0.25) is 5.89 Å². The number of fused-ring (bicyclic) bond motifs is 1. The molecule has 0 saturated carbocycles. The number of hydrogen-bond acceptors (Lipinski definition) is 6. The van der Waals surface area contributed by atoms with E-state index in [4.69, 9.17) is 14.9 Å². The molecule has 3 aromatic rings. The number of carbonyl (C=O) groups is 1. The first-order valence-electron chi connectivity index (χ1n) is 8.11. The molecule has 7 nitrogen and oxygen atoms in total. The number of oxazole rings is 1. The number of primary amides is 1. The maximum absolute atomic E-state index is 13.1. The molecule has 0 spiro atoms. The third kappa shape index (κ3) is 3.63. The van der Waals surface area contributed by atoms with E-state index < -0.39 is 17.8 Å². The number of pyridine rings is 1. The number of nitrogens with zero attached hydrogens (tertiary/aromatic N) is 3. The Morgan fingerprint density at radius 3 is 2.50 bits per heavy atom. The van der Waals surface area contributed by atoms with Gasteiger partial charge < -0.3 is 19.8 Å². The highest BCUT2D eigenvalue weighted by Gasteiger charge is 2.33. The van der Waals surface area contributed by atoms with Crippen LogP contribution in [0.1, 0.15) is 21.9 Å². The van der Waals surface area contributed by atoms with Crippen LogP contribution in [0.4, 0.5) is 13.2 Å². The molecule has 2 heterocycles. The van der Waals surface area contributed by atoms with Gasteiger partial charge in [-0.15, -0.1) is 0 Å². The zero-order valence-corrected chi connectivity index (χ0v) is 15.3. The zero-order valence-electron chi connectivity index (χ0n) is 15.3. The van der Waals surface area contributed by atoms with E-state index in [0.29, 0.717) is 10.9 Å². The van der Waals surface area contributed by atoms with Crippen molar-refractivity contribution >= 4 is 16.8 Å². The van der Waals surface area contributed by atoms with Crippen molar-refractivity contribution in [3.63, 3.8) is 0 Å². The van der Waals surface area contributed by atoms with Gasteiger partial charge in [-0.25, -0.2) is 9.97 Å². The molecule has 2 aromatic heterocycles. The quantitative estimate of drug-likeness (QED) is 0.715. The highest BCUT2D eigenvalue weighted by Crippen LogP contribution is 2.36. The average Bonchev–Trinajstić information content (AvgIpc) is 3.02. The molecule has 1 amide bonds. The van der Waals surface area contributed by atoms with Gasteiger partial charge in [0.15, 0.2) is 11.5 Å². The predicted molar refractivity (Wildman–Crippen MR) is 94.7 cm³/mol. The number of methoxy groups -OCH3 is 1. The molecule has 148 valence electrons. The van der Waals surface area contributed by atoms with Crippen LogP contribution >= 0.6 is 0 Å². The van der Waals surface area contributed by atoms with Crippen molar-refractivity contribution < 1.29 is 27.1 Å². The Bertz CT molecular complexity index is 1040. The Morgan fingerprint density at radius 2 is 1.93 bits per heavy atom. The molecule has 0 saturated heterocycles. The van der Waals surface area contributed by atoms with Crippen LogP contribution in [0, 0.1) is 0 Å². The monoisotopic (exact) mass is 394 g/mol. The number of halogens is 3. The van der Waals surface area contributed by atoms with Crippen LogP contribution in [-0.2, 0) is 12.7 Å². The van der Waals surface area contributed by atoms with Gasteiger partial charge in [-0.2, -0.15) is 13.2 Å². The Morgan fingerprint density at radius 1 is 1.21 bits per heavy atom. The van der Waals surface area contributed by atoms with Gasteiger partial charge in [-0.1, -0.05) is 0 Å². The summed E-state index contributed by atoms with van der Waals surface area (Å²) in [5, 5.41) is 0.334. The fourth-order valence-corrected chi connectivity index (χ4v) is 2.75. The number of nitrogens with two attached hydrogens (primary N) is 1. The van der Waals surface area contributed by atoms with Crippen molar-refractivity contribution in [2.45, 2.75) is 12.7 Å². The van der Waals surface area contributed by atoms with Crippen molar-refractivity contribution in [2.24, 2.45) is 5.73 Å². The number of rotatable bonds is 5. The summed E-state index contributed by atoms with van der Waals surface area (Å²) in [5.74, 6) is -0.279. The molecule has 0 atom stereocenters. The summed E-state index contributed by atoms with van der Waals surface area (Å²) >= 11 is 0. The Kier molecular flexibility index (Phi) is 4.99. The number of amides is 1. The van der Waals surface area contributed by atoms with Crippen LogP contribution in [-0.4, -0.2) is 42.0 Å². The highest BCUT2D eigenvalue weighted by molar-refractivity contribution is 5.97. The third-order valence-corrected chi connectivity index (χ3v) is 3.95. The second-order valence-corrected chi connectivity index (χ2v) is 6.30. The lowest BCUT2D eigenvalue weighted by Gasteiger charge is -2.11. The summed E-state index contributed by atoms with van der Waals surface area (Å²) < 4.78 is 50.0. The number of alkyl halides is 3. The van der Waals surface area contributed by atoms with Gasteiger partial charge in [-0.3, -0.25) is 4.79 Å². The minimum Gasteiger partial charge on any atom is -0.494 e. The first kappa shape index (κ1) is 19.6. The first-order chi connectivity index (χ1) is 13.1. The minimum atomic E-state index is -4.60. The second kappa shape index (κ2) is 7.12. The van der Waals surface area contributed by atoms with E-state index in [2.05, 4.69) is 9.97 Å². The Hall–Kier alpha value is -3.14. The normalized spacial score (nSPS) is 12.0. The topological polar surface area (TPSA) is 94.5 Å². The standard InChI is InChI=1S/C18H17F3N4O3/c1-25(2)8-12-15(16(22)26)24-17(28-12)10-4-6-11(27-3)14-9(10)5-7-13(23-14)18(19,20)21/h4-7H,8H2,1-3H3,(H2,22,26). The first-order valence-corrected chi connectivity index (χ1v) is 8.11. The molecule has 1 aromatic carbocycles. The summed E-state index contributed by atoms with van der Waals surface area (Å²) in [5.41, 5.74) is 4.66. The van der Waals surface area contributed by atoms with Crippen LogP contribution in [0.25, 0.3) is 22.4 Å². The third-order valence-electron chi connectivity index (χ3n) is 3.95. The summed E-state index contributed by atoms with van der Waals surface area (Å²) in [6.45, 7) is 0.274. The van der Waals surface area contributed by atoms with E-state index in [-0.39, 0.29) is 35.2 Å². The summed E-state index contributed by atoms with van der Waals surface area (Å²) in [4.78, 5) is 21.3. The average molecular weight is 394 g/mol. The summed E-state index contributed by atoms with van der Waals surface area (Å²) in [7, 11) is 4.89. The van der Waals surface area contributed by atoms with E-state index >= 15 is 0 Å². The maximum atomic E-state index is 13.1. The molecule has 0 unspecified atom stereocenters. The summed E-state index contributed by atoms with van der Waals surface area (Å²) in [6.07, 6.45) is -4.60. The zero-order chi connectivity index (χ0) is 20.6. The van der Waals surface area contributed by atoms with Crippen molar-refractivity contribution in [1.82, 2.24) is 14.9 Å². The van der Waals surface area contributed by atoms with Crippen LogP contribution in [0.2, 0.25) is 0 Å². The SMILES string of the molecule is COc1ccc(-c2nc(C(N)=O)c(CN(C)C)o2)c2ccc(C(F)(F)F)nc12. The van der Waals surface area contributed by atoms with Crippen LogP contribution in [0.15, 0.2) is 28.7 Å². The van der Waals surface area contributed by atoms with E-state index in [1.54, 1.807) is 25.1 Å². The molecule has 0 fully saturated rings. The molecule has 0 radical (unpaired) electrons. The van der Waals surface area contributed by atoms with Gasteiger partial charge in [0, 0.05) is 10.9 Å². The molecule has 2 N–H and O–H groups in total. The number of benzene rings is 1. The molecular formula is C18H17F3N4O3. The highest BCUT2D eigenvalue weighted by atomic mass is 19.4.